The molecule has 6 nitrogen and oxygen atoms in total. The van der Waals surface area contributed by atoms with Gasteiger partial charge in [-0.05, 0) is 71.7 Å². The number of fused-ring (bicyclic) bond motifs is 2. The predicted molar refractivity (Wildman–Crippen MR) is 162 cm³/mol. The maximum atomic E-state index is 13.8. The van der Waals surface area contributed by atoms with Crippen LogP contribution in [-0.2, 0) is 16.1 Å². The molecule has 4 aromatic carbocycles. The molecule has 0 unspecified atom stereocenters. The van der Waals surface area contributed by atoms with Crippen molar-refractivity contribution in [2.24, 2.45) is 4.99 Å². The zero-order valence-electron chi connectivity index (χ0n) is 23.0. The van der Waals surface area contributed by atoms with E-state index in [0.29, 0.717) is 33.0 Å². The Balaban J connectivity index is 1.36. The molecule has 0 spiro atoms. The van der Waals surface area contributed by atoms with Gasteiger partial charge in [-0.15, -0.1) is 0 Å². The van der Waals surface area contributed by atoms with Crippen LogP contribution in [0.2, 0.25) is 0 Å². The van der Waals surface area contributed by atoms with Crippen LogP contribution in [0.5, 0.6) is 5.75 Å². The minimum Gasteiger partial charge on any atom is -0.489 e. The highest BCUT2D eigenvalue weighted by Gasteiger charge is 2.33. The first-order chi connectivity index (χ1) is 20.4. The molecular formula is C34H27FN2O4S. The van der Waals surface area contributed by atoms with Crippen molar-refractivity contribution in [3.63, 3.8) is 0 Å². The number of allylic oxidation sites excluding steroid dienone is 1. The number of hydrogen-bond donors (Lipinski definition) is 0. The summed E-state index contributed by atoms with van der Waals surface area (Å²) in [7, 11) is 0. The van der Waals surface area contributed by atoms with Gasteiger partial charge in [0.15, 0.2) is 4.80 Å². The van der Waals surface area contributed by atoms with Crippen LogP contribution in [0, 0.1) is 5.82 Å². The standard InChI is InChI=1S/C34H27FN2O4S/c1-3-40-33(39)30-21(2)36-34-37(31(30)24-14-16-26(35)17-15-24)32(38)29(42-34)19-22-8-6-12-27(18-22)41-20-25-11-7-10-23-9-4-5-13-28(23)25/h4-19,31H,3,20H2,1-2H3/b29-19-/t31-/m0/s1. The number of halogens is 1. The molecule has 42 heavy (non-hydrogen) atoms. The molecule has 0 saturated heterocycles. The molecule has 1 aliphatic rings. The molecule has 1 aromatic heterocycles. The summed E-state index contributed by atoms with van der Waals surface area (Å²) in [6, 6.07) is 26.9. The van der Waals surface area contributed by atoms with Crippen molar-refractivity contribution in [2.75, 3.05) is 6.61 Å². The van der Waals surface area contributed by atoms with Gasteiger partial charge in [0, 0.05) is 0 Å². The zero-order valence-corrected chi connectivity index (χ0v) is 23.9. The monoisotopic (exact) mass is 578 g/mol. The first-order valence-electron chi connectivity index (χ1n) is 13.6. The molecule has 0 saturated carbocycles. The number of aromatic nitrogens is 1. The van der Waals surface area contributed by atoms with E-state index in [0.717, 1.165) is 21.9 Å². The third-order valence-electron chi connectivity index (χ3n) is 7.13. The highest BCUT2D eigenvalue weighted by molar-refractivity contribution is 7.07. The fraction of sp³-hybridized carbons (Fsp3) is 0.147. The lowest BCUT2D eigenvalue weighted by molar-refractivity contribution is -0.139. The second kappa shape index (κ2) is 11.6. The number of carbonyl (C=O) groups excluding carboxylic acids is 1. The first kappa shape index (κ1) is 27.4. The third kappa shape index (κ3) is 5.29. The summed E-state index contributed by atoms with van der Waals surface area (Å²) < 4.78 is 27.2. The summed E-state index contributed by atoms with van der Waals surface area (Å²) in [4.78, 5) is 31.9. The lowest BCUT2D eigenvalue weighted by atomic mass is 9.96. The van der Waals surface area contributed by atoms with Crippen molar-refractivity contribution in [3.05, 3.63) is 144 Å². The van der Waals surface area contributed by atoms with Gasteiger partial charge < -0.3 is 9.47 Å². The van der Waals surface area contributed by atoms with Gasteiger partial charge in [0.05, 0.1) is 28.5 Å². The fourth-order valence-corrected chi connectivity index (χ4v) is 6.22. The molecule has 0 bridgehead atoms. The lowest BCUT2D eigenvalue weighted by Crippen LogP contribution is -2.39. The number of esters is 1. The Kier molecular flexibility index (Phi) is 7.54. The Labute approximate surface area is 245 Å². The molecule has 0 aliphatic carbocycles. The Hall–Kier alpha value is -4.82. The smallest absolute Gasteiger partial charge is 0.338 e. The molecule has 0 fully saturated rings. The SMILES string of the molecule is CCOC(=O)C1=C(C)N=c2s/c(=C\c3cccc(OCc4cccc5ccccc45)c3)c(=O)n2[C@H]1c1ccc(F)cc1. The van der Waals surface area contributed by atoms with Crippen LogP contribution in [0.25, 0.3) is 16.8 Å². The second-order valence-corrected chi connectivity index (χ2v) is 10.9. The fourth-order valence-electron chi connectivity index (χ4n) is 5.18. The predicted octanol–water partition coefficient (Wildman–Crippen LogP) is 5.67. The number of rotatable bonds is 7. The van der Waals surface area contributed by atoms with Crippen molar-refractivity contribution in [3.8, 4) is 5.75 Å². The van der Waals surface area contributed by atoms with E-state index in [1.165, 1.54) is 28.0 Å². The third-order valence-corrected chi connectivity index (χ3v) is 8.12. The number of carbonyl (C=O) groups is 1. The number of hydrogen-bond acceptors (Lipinski definition) is 6. The van der Waals surface area contributed by atoms with Crippen molar-refractivity contribution in [1.29, 1.82) is 0 Å². The van der Waals surface area contributed by atoms with Crippen LogP contribution in [0.15, 0.2) is 112 Å². The van der Waals surface area contributed by atoms with Crippen molar-refractivity contribution in [2.45, 2.75) is 26.5 Å². The van der Waals surface area contributed by atoms with E-state index in [1.807, 2.05) is 42.5 Å². The van der Waals surface area contributed by atoms with E-state index in [-0.39, 0.29) is 17.7 Å². The van der Waals surface area contributed by atoms with E-state index in [2.05, 4.69) is 29.3 Å². The van der Waals surface area contributed by atoms with Gasteiger partial charge in [0.2, 0.25) is 0 Å². The van der Waals surface area contributed by atoms with Gasteiger partial charge in [0.25, 0.3) is 5.56 Å². The topological polar surface area (TPSA) is 69.9 Å². The number of ether oxygens (including phenoxy) is 2. The zero-order chi connectivity index (χ0) is 29.2. The molecular weight excluding hydrogens is 551 g/mol. The Morgan fingerprint density at radius 1 is 1.02 bits per heavy atom. The normalized spacial score (nSPS) is 14.9. The molecule has 5 aromatic rings. The van der Waals surface area contributed by atoms with Crippen LogP contribution >= 0.6 is 11.3 Å². The molecule has 0 radical (unpaired) electrons. The summed E-state index contributed by atoms with van der Waals surface area (Å²) in [5.74, 6) is -0.292. The van der Waals surface area contributed by atoms with Crippen LogP contribution in [0.3, 0.4) is 0 Å². The molecule has 0 N–H and O–H groups in total. The van der Waals surface area contributed by atoms with Crippen LogP contribution in [0.4, 0.5) is 4.39 Å². The highest BCUT2D eigenvalue weighted by Crippen LogP contribution is 2.31. The summed E-state index contributed by atoms with van der Waals surface area (Å²) in [6.07, 6.45) is 1.79. The minimum atomic E-state index is -0.793. The van der Waals surface area contributed by atoms with E-state index in [1.54, 1.807) is 32.1 Å². The van der Waals surface area contributed by atoms with Crippen LogP contribution < -0.4 is 19.6 Å². The van der Waals surface area contributed by atoms with Gasteiger partial charge in [0.1, 0.15) is 18.2 Å². The first-order valence-corrected chi connectivity index (χ1v) is 14.4. The molecule has 1 atom stereocenters. The molecule has 1 aliphatic heterocycles. The van der Waals surface area contributed by atoms with Gasteiger partial charge in [-0.2, -0.15) is 0 Å². The Bertz CT molecular complexity index is 2020. The minimum absolute atomic E-state index is 0.176. The molecule has 0 amide bonds. The summed E-state index contributed by atoms with van der Waals surface area (Å²) in [5.41, 5.74) is 2.87. The summed E-state index contributed by atoms with van der Waals surface area (Å²) in [6.45, 7) is 4.02. The Morgan fingerprint density at radius 3 is 2.60 bits per heavy atom. The average Bonchev–Trinajstić information content (AvgIpc) is 3.29. The van der Waals surface area contributed by atoms with Gasteiger partial charge in [-0.3, -0.25) is 9.36 Å². The number of nitrogens with zero attached hydrogens (tertiary/aromatic N) is 2. The molecule has 6 rings (SSSR count). The maximum Gasteiger partial charge on any atom is 0.338 e. The largest absolute Gasteiger partial charge is 0.489 e. The number of thiazole rings is 1. The molecule has 2 heterocycles. The van der Waals surface area contributed by atoms with Crippen molar-refractivity contribution in [1.82, 2.24) is 4.57 Å². The maximum absolute atomic E-state index is 13.8. The van der Waals surface area contributed by atoms with Crippen LogP contribution in [0.1, 0.15) is 36.6 Å². The van der Waals surface area contributed by atoms with Crippen molar-refractivity contribution >= 4 is 34.2 Å². The summed E-state index contributed by atoms with van der Waals surface area (Å²) in [5, 5.41) is 2.30. The quantitative estimate of drug-likeness (QED) is 0.234. The van der Waals surface area contributed by atoms with Gasteiger partial charge >= 0.3 is 5.97 Å². The van der Waals surface area contributed by atoms with Gasteiger partial charge in [-0.25, -0.2) is 14.2 Å². The van der Waals surface area contributed by atoms with Crippen molar-refractivity contribution < 1.29 is 18.7 Å². The van der Waals surface area contributed by atoms with E-state index in [9.17, 15) is 14.0 Å². The number of benzene rings is 4. The average molecular weight is 579 g/mol. The van der Waals surface area contributed by atoms with E-state index < -0.39 is 17.8 Å². The summed E-state index contributed by atoms with van der Waals surface area (Å²) >= 11 is 1.23. The molecule has 8 heteroatoms. The second-order valence-electron chi connectivity index (χ2n) is 9.85. The molecule has 210 valence electrons. The van der Waals surface area contributed by atoms with Gasteiger partial charge in [-0.1, -0.05) is 78.1 Å². The van der Waals surface area contributed by atoms with E-state index >= 15 is 0 Å². The Morgan fingerprint density at radius 2 is 1.79 bits per heavy atom. The highest BCUT2D eigenvalue weighted by atomic mass is 32.1. The lowest BCUT2D eigenvalue weighted by Gasteiger charge is -2.24. The van der Waals surface area contributed by atoms with Crippen LogP contribution in [-0.4, -0.2) is 17.1 Å². The van der Waals surface area contributed by atoms with E-state index in [4.69, 9.17) is 9.47 Å².